The Kier molecular flexibility index (Phi) is 9.80. The topological polar surface area (TPSA) is 30.7 Å². The number of benzene rings is 8. The van der Waals surface area contributed by atoms with Gasteiger partial charge in [-0.05, 0) is 96.0 Å². The second-order valence-electron chi connectivity index (χ2n) is 14.6. The van der Waals surface area contributed by atoms with E-state index in [2.05, 4.69) is 230 Å². The molecule has 3 nitrogen and oxygen atoms in total. The monoisotopic (exact) mass is 773 g/mol. The molecule has 280 valence electrons. The maximum atomic E-state index is 5.46. The van der Waals surface area contributed by atoms with Crippen molar-refractivity contribution < 1.29 is 0 Å². The highest BCUT2D eigenvalue weighted by Gasteiger charge is 2.20. The van der Waals surface area contributed by atoms with Crippen molar-refractivity contribution >= 4 is 62.6 Å². The van der Waals surface area contributed by atoms with Crippen LogP contribution in [-0.4, -0.2) is 14.5 Å². The number of hydrogen-bond donors (Lipinski definition) is 0. The molecular weight excluding hydrogens is 734 g/mol. The molecule has 0 amide bonds. The van der Waals surface area contributed by atoms with Gasteiger partial charge in [-0.2, -0.15) is 0 Å². The summed E-state index contributed by atoms with van der Waals surface area (Å²) in [5.41, 5.74) is 10.7. The van der Waals surface area contributed by atoms with E-state index in [0.717, 1.165) is 72.3 Å². The number of para-hydroxylation sites is 4. The summed E-state index contributed by atoms with van der Waals surface area (Å²) in [6, 6.07) is 71.8. The maximum Gasteiger partial charge on any atom is 0.145 e. The highest BCUT2D eigenvalue weighted by Crippen LogP contribution is 2.40. The second-order valence-corrected chi connectivity index (χ2v) is 16.8. The van der Waals surface area contributed by atoms with Gasteiger partial charge in [-0.15, -0.1) is 0 Å². The fourth-order valence-electron chi connectivity index (χ4n) is 8.17. The summed E-state index contributed by atoms with van der Waals surface area (Å²) in [6.07, 6.45) is 8.53. The molecule has 8 aromatic carbocycles. The van der Waals surface area contributed by atoms with Crippen LogP contribution in [0.4, 0.5) is 0 Å². The van der Waals surface area contributed by atoms with Crippen molar-refractivity contribution in [3.63, 3.8) is 0 Å². The minimum absolute atomic E-state index is 0.789. The van der Waals surface area contributed by atoms with Crippen molar-refractivity contribution in [2.75, 3.05) is 0 Å². The van der Waals surface area contributed by atoms with E-state index in [0.29, 0.717) is 0 Å². The van der Waals surface area contributed by atoms with Crippen LogP contribution in [0.5, 0.6) is 0 Å². The zero-order chi connectivity index (χ0) is 39.5. The molecular formula is C55H40N3P. The molecule has 4 heteroatoms. The van der Waals surface area contributed by atoms with Gasteiger partial charge in [0.15, 0.2) is 0 Å². The lowest BCUT2D eigenvalue weighted by Gasteiger charge is -2.20. The molecule has 2 aromatic heterocycles. The first-order valence-corrected chi connectivity index (χ1v) is 21.4. The normalized spacial score (nSPS) is 11.8. The standard InChI is InChI=1S/C55H40N3P/c1-2-3-7-19-41-36-43(39-32-34-40(35-33-39)55-57-51-30-16-17-31-52(51)58(55)44-21-8-4-9-22-44)38-49-53(41)48-28-14-15-29-50(48)56-54(49)42-20-18-27-47(37-42)59(45-23-10-5-11-24-45)46-25-12-6-13-26-46/h2-38H,1H3/b3-2-,19-7-. The van der Waals surface area contributed by atoms with Crippen molar-refractivity contribution in [2.24, 2.45) is 0 Å². The molecule has 0 atom stereocenters. The zero-order valence-electron chi connectivity index (χ0n) is 32.7. The van der Waals surface area contributed by atoms with Gasteiger partial charge in [-0.1, -0.05) is 176 Å². The first-order chi connectivity index (χ1) is 29.2. The summed E-state index contributed by atoms with van der Waals surface area (Å²) < 4.78 is 2.25. The number of imidazole rings is 1. The average molecular weight is 774 g/mol. The summed E-state index contributed by atoms with van der Waals surface area (Å²) in [4.78, 5) is 10.6. The minimum atomic E-state index is -0.789. The number of pyridine rings is 1. The number of rotatable bonds is 9. The third-order valence-electron chi connectivity index (χ3n) is 10.9. The zero-order valence-corrected chi connectivity index (χ0v) is 33.5. The van der Waals surface area contributed by atoms with Crippen molar-refractivity contribution in [1.82, 2.24) is 14.5 Å². The predicted octanol–water partition coefficient (Wildman–Crippen LogP) is 13.1. The summed E-state index contributed by atoms with van der Waals surface area (Å²) in [5.74, 6) is 0.918. The predicted molar refractivity (Wildman–Crippen MR) is 253 cm³/mol. The molecule has 0 fully saturated rings. The molecule has 59 heavy (non-hydrogen) atoms. The Labute approximate surface area is 346 Å². The number of allylic oxidation sites excluding steroid dienone is 3. The van der Waals surface area contributed by atoms with E-state index in [-0.39, 0.29) is 0 Å². The summed E-state index contributed by atoms with van der Waals surface area (Å²) in [6.45, 7) is 2.05. The molecule has 10 aromatic rings. The van der Waals surface area contributed by atoms with Gasteiger partial charge in [0.25, 0.3) is 0 Å². The van der Waals surface area contributed by atoms with Crippen LogP contribution in [0.3, 0.4) is 0 Å². The van der Waals surface area contributed by atoms with Crippen LogP contribution >= 0.6 is 7.92 Å². The highest BCUT2D eigenvalue weighted by molar-refractivity contribution is 7.79. The second kappa shape index (κ2) is 16.0. The largest absolute Gasteiger partial charge is 0.292 e. The molecule has 0 saturated heterocycles. The highest BCUT2D eigenvalue weighted by atomic mass is 31.1. The van der Waals surface area contributed by atoms with Gasteiger partial charge in [0.2, 0.25) is 0 Å². The molecule has 10 rings (SSSR count). The molecule has 0 bridgehead atoms. The van der Waals surface area contributed by atoms with E-state index in [4.69, 9.17) is 9.97 Å². The molecule has 0 N–H and O–H groups in total. The minimum Gasteiger partial charge on any atom is -0.292 e. The lowest BCUT2D eigenvalue weighted by atomic mass is 9.91. The van der Waals surface area contributed by atoms with Crippen molar-refractivity contribution in [3.05, 3.63) is 224 Å². The van der Waals surface area contributed by atoms with Crippen LogP contribution in [0.25, 0.3) is 78.2 Å². The summed E-state index contributed by atoms with van der Waals surface area (Å²) >= 11 is 0. The third kappa shape index (κ3) is 6.97. The smallest absolute Gasteiger partial charge is 0.145 e. The number of fused-ring (bicyclic) bond motifs is 4. The maximum absolute atomic E-state index is 5.46. The van der Waals surface area contributed by atoms with E-state index in [1.54, 1.807) is 0 Å². The molecule has 2 heterocycles. The van der Waals surface area contributed by atoms with E-state index >= 15 is 0 Å². The number of nitrogens with zero attached hydrogens (tertiary/aromatic N) is 3. The SMILES string of the molecule is C/C=C\C=C/c1cc(-c2ccc(-c3nc4ccccc4n3-c3ccccc3)cc2)cc2c(-c3cccc(P(c4ccccc4)c4ccccc4)c3)nc3ccccc3c12. The Morgan fingerprint density at radius 1 is 0.458 bits per heavy atom. The van der Waals surface area contributed by atoms with Gasteiger partial charge in [0.1, 0.15) is 5.82 Å². The van der Waals surface area contributed by atoms with Crippen molar-refractivity contribution in [3.8, 4) is 39.5 Å². The first kappa shape index (κ1) is 36.2. The molecule has 0 aliphatic rings. The Balaban J connectivity index is 1.15. The Hall–Kier alpha value is -7.19. The molecule has 0 radical (unpaired) electrons. The average Bonchev–Trinajstić information content (AvgIpc) is 3.70. The Morgan fingerprint density at radius 3 is 1.81 bits per heavy atom. The van der Waals surface area contributed by atoms with E-state index < -0.39 is 7.92 Å². The molecule has 0 spiro atoms. The molecule has 0 aliphatic carbocycles. The summed E-state index contributed by atoms with van der Waals surface area (Å²) in [5, 5.41) is 7.39. The quantitative estimate of drug-likeness (QED) is 0.0831. The van der Waals surface area contributed by atoms with Crippen LogP contribution in [0.2, 0.25) is 0 Å². The van der Waals surface area contributed by atoms with Gasteiger partial charge in [0.05, 0.1) is 22.2 Å². The fourth-order valence-corrected chi connectivity index (χ4v) is 10.5. The van der Waals surface area contributed by atoms with Crippen LogP contribution in [0.15, 0.2) is 218 Å². The molecule has 0 unspecified atom stereocenters. The van der Waals surface area contributed by atoms with Crippen molar-refractivity contribution in [1.29, 1.82) is 0 Å². The fraction of sp³-hybridized carbons (Fsp3) is 0.0182. The molecule has 0 saturated carbocycles. The Bertz CT molecular complexity index is 3110. The van der Waals surface area contributed by atoms with Crippen LogP contribution in [0.1, 0.15) is 12.5 Å². The molecule has 0 aliphatic heterocycles. The van der Waals surface area contributed by atoms with Crippen LogP contribution in [-0.2, 0) is 0 Å². The van der Waals surface area contributed by atoms with Gasteiger partial charge in [-0.3, -0.25) is 4.57 Å². The lowest BCUT2D eigenvalue weighted by Crippen LogP contribution is -2.20. The van der Waals surface area contributed by atoms with Gasteiger partial charge >= 0.3 is 0 Å². The van der Waals surface area contributed by atoms with Crippen molar-refractivity contribution in [2.45, 2.75) is 6.92 Å². The number of aromatic nitrogens is 3. The van der Waals surface area contributed by atoms with Crippen LogP contribution < -0.4 is 15.9 Å². The Morgan fingerprint density at radius 2 is 1.08 bits per heavy atom. The third-order valence-corrected chi connectivity index (χ3v) is 13.3. The van der Waals surface area contributed by atoms with E-state index in [1.165, 1.54) is 21.3 Å². The van der Waals surface area contributed by atoms with E-state index in [1.807, 2.05) is 6.07 Å². The first-order valence-electron chi connectivity index (χ1n) is 20.0. The van der Waals surface area contributed by atoms with Gasteiger partial charge < -0.3 is 0 Å². The van der Waals surface area contributed by atoms with Crippen LogP contribution in [0, 0.1) is 0 Å². The van der Waals surface area contributed by atoms with E-state index in [9.17, 15) is 0 Å². The lowest BCUT2D eigenvalue weighted by molar-refractivity contribution is 1.10. The van der Waals surface area contributed by atoms with Gasteiger partial charge in [0, 0.05) is 33.0 Å². The van der Waals surface area contributed by atoms with Gasteiger partial charge in [-0.25, -0.2) is 9.97 Å². The number of hydrogen-bond acceptors (Lipinski definition) is 2. The summed E-state index contributed by atoms with van der Waals surface area (Å²) in [7, 11) is -0.789.